The molecule has 0 spiro atoms. The van der Waals surface area contributed by atoms with Gasteiger partial charge in [-0.2, -0.15) is 0 Å². The van der Waals surface area contributed by atoms with Crippen LogP contribution in [0, 0.1) is 0 Å². The van der Waals surface area contributed by atoms with Gasteiger partial charge in [-0.3, -0.25) is 4.79 Å². The monoisotopic (exact) mass is 263 g/mol. The van der Waals surface area contributed by atoms with Crippen molar-refractivity contribution < 1.29 is 4.79 Å². The Morgan fingerprint density at radius 2 is 2.16 bits per heavy atom. The van der Waals surface area contributed by atoms with Gasteiger partial charge in [0.2, 0.25) is 0 Å². The summed E-state index contributed by atoms with van der Waals surface area (Å²) in [5, 5.41) is 0. The fourth-order valence-corrected chi connectivity index (χ4v) is 2.99. The first kappa shape index (κ1) is 14.0. The zero-order valence-corrected chi connectivity index (χ0v) is 12.1. The highest BCUT2D eigenvalue weighted by atomic mass is 16.2. The molecular weight excluding hydrogens is 238 g/mol. The Morgan fingerprint density at radius 3 is 2.84 bits per heavy atom. The van der Waals surface area contributed by atoms with Crippen LogP contribution >= 0.6 is 0 Å². The highest BCUT2D eigenvalue weighted by Gasteiger charge is 2.26. The molecule has 1 saturated heterocycles. The highest BCUT2D eigenvalue weighted by molar-refractivity contribution is 5.94. The second-order valence-electron chi connectivity index (χ2n) is 5.35. The number of aromatic nitrogens is 1. The summed E-state index contributed by atoms with van der Waals surface area (Å²) in [6, 6.07) is 2.19. The predicted molar refractivity (Wildman–Crippen MR) is 78.1 cm³/mol. The van der Waals surface area contributed by atoms with Crippen molar-refractivity contribution in [1.29, 1.82) is 0 Å². The number of anilines is 1. The van der Waals surface area contributed by atoms with Crippen LogP contribution in [-0.2, 0) is 6.54 Å². The molecule has 0 bridgehead atoms. The average Bonchev–Trinajstić information content (AvgIpc) is 2.64. The second kappa shape index (κ2) is 6.13. The van der Waals surface area contributed by atoms with Gasteiger partial charge in [-0.15, -0.1) is 0 Å². The molecule has 19 heavy (non-hydrogen) atoms. The second-order valence-corrected chi connectivity index (χ2v) is 5.35. The maximum Gasteiger partial charge on any atom is 0.270 e. The van der Waals surface area contributed by atoms with Gasteiger partial charge < -0.3 is 15.2 Å². The fraction of sp³-hybridized carbons (Fsp3) is 0.667. The number of carbonyl (C=O) groups is 1. The minimum Gasteiger partial charge on any atom is -0.397 e. The Hall–Kier alpha value is -1.45. The van der Waals surface area contributed by atoms with E-state index in [1.807, 2.05) is 23.8 Å². The van der Waals surface area contributed by atoms with Crippen LogP contribution in [0.15, 0.2) is 12.3 Å². The topological polar surface area (TPSA) is 51.3 Å². The fourth-order valence-electron chi connectivity index (χ4n) is 2.99. The van der Waals surface area contributed by atoms with Crippen LogP contribution in [0.3, 0.4) is 0 Å². The van der Waals surface area contributed by atoms with Gasteiger partial charge in [0.1, 0.15) is 5.69 Å². The van der Waals surface area contributed by atoms with Crippen LogP contribution in [0.2, 0.25) is 0 Å². The van der Waals surface area contributed by atoms with Gasteiger partial charge >= 0.3 is 0 Å². The van der Waals surface area contributed by atoms with E-state index in [1.165, 1.54) is 12.8 Å². The molecule has 0 saturated carbocycles. The largest absolute Gasteiger partial charge is 0.397 e. The van der Waals surface area contributed by atoms with Crippen molar-refractivity contribution in [2.45, 2.75) is 58.5 Å². The lowest BCUT2D eigenvalue weighted by Gasteiger charge is -2.29. The van der Waals surface area contributed by atoms with E-state index < -0.39 is 0 Å². The molecule has 1 amide bonds. The first-order chi connectivity index (χ1) is 9.17. The number of hydrogen-bond acceptors (Lipinski definition) is 2. The smallest absolute Gasteiger partial charge is 0.270 e. The summed E-state index contributed by atoms with van der Waals surface area (Å²) < 4.78 is 1.95. The third kappa shape index (κ3) is 2.94. The number of nitrogens with zero attached hydrogens (tertiary/aromatic N) is 2. The summed E-state index contributed by atoms with van der Waals surface area (Å²) in [5.41, 5.74) is 7.24. The van der Waals surface area contributed by atoms with Crippen molar-refractivity contribution in [2.75, 3.05) is 12.3 Å². The Labute approximate surface area is 115 Å². The van der Waals surface area contributed by atoms with Crippen molar-refractivity contribution in [3.05, 3.63) is 18.0 Å². The third-order valence-corrected chi connectivity index (χ3v) is 4.09. The van der Waals surface area contributed by atoms with E-state index in [2.05, 4.69) is 11.8 Å². The van der Waals surface area contributed by atoms with Crippen LogP contribution in [0.1, 0.15) is 56.4 Å². The Balaban J connectivity index is 2.24. The highest BCUT2D eigenvalue weighted by Crippen LogP contribution is 2.22. The molecule has 1 aliphatic rings. The van der Waals surface area contributed by atoms with Gasteiger partial charge in [-0.25, -0.2) is 0 Å². The first-order valence-electron chi connectivity index (χ1n) is 7.44. The van der Waals surface area contributed by atoms with Gasteiger partial charge in [0.25, 0.3) is 5.91 Å². The summed E-state index contributed by atoms with van der Waals surface area (Å²) >= 11 is 0. The average molecular weight is 263 g/mol. The van der Waals surface area contributed by atoms with Crippen molar-refractivity contribution in [1.82, 2.24) is 9.47 Å². The molecule has 0 radical (unpaired) electrons. The molecule has 4 nitrogen and oxygen atoms in total. The standard InChI is InChI=1S/C15H25N3O/c1-3-13-8-6-5-7-9-18(13)15(19)14-10-12(16)11-17(14)4-2/h10-11,13H,3-9,16H2,1-2H3. The Morgan fingerprint density at radius 1 is 1.37 bits per heavy atom. The van der Waals surface area contributed by atoms with Crippen molar-refractivity contribution in [2.24, 2.45) is 0 Å². The molecule has 1 aromatic rings. The first-order valence-corrected chi connectivity index (χ1v) is 7.44. The van der Waals surface area contributed by atoms with E-state index in [4.69, 9.17) is 5.73 Å². The summed E-state index contributed by atoms with van der Waals surface area (Å²) in [6.07, 6.45) is 7.60. The molecule has 0 aliphatic carbocycles. The van der Waals surface area contributed by atoms with Crippen molar-refractivity contribution >= 4 is 11.6 Å². The third-order valence-electron chi connectivity index (χ3n) is 4.09. The number of carbonyl (C=O) groups excluding carboxylic acids is 1. The Kier molecular flexibility index (Phi) is 4.51. The van der Waals surface area contributed by atoms with E-state index in [0.717, 1.165) is 38.0 Å². The molecule has 0 aromatic carbocycles. The molecule has 2 rings (SSSR count). The molecule has 4 heteroatoms. The normalized spacial score (nSPS) is 20.3. The number of nitrogen functional groups attached to an aromatic ring is 1. The van der Waals surface area contributed by atoms with Crippen LogP contribution in [0.4, 0.5) is 5.69 Å². The summed E-state index contributed by atoms with van der Waals surface area (Å²) in [6.45, 7) is 5.87. The number of rotatable bonds is 3. The van der Waals surface area contributed by atoms with E-state index in [1.54, 1.807) is 0 Å². The number of nitrogens with two attached hydrogens (primary N) is 1. The molecule has 1 aromatic heterocycles. The number of likely N-dealkylation sites (tertiary alicyclic amines) is 1. The summed E-state index contributed by atoms with van der Waals surface area (Å²) in [7, 11) is 0. The van der Waals surface area contributed by atoms with Gasteiger partial charge in [0.05, 0.1) is 5.69 Å². The zero-order chi connectivity index (χ0) is 13.8. The van der Waals surface area contributed by atoms with Crippen LogP contribution in [-0.4, -0.2) is 28.0 Å². The zero-order valence-electron chi connectivity index (χ0n) is 12.1. The van der Waals surface area contributed by atoms with Gasteiger partial charge in [-0.1, -0.05) is 19.8 Å². The summed E-state index contributed by atoms with van der Waals surface area (Å²) in [4.78, 5) is 14.8. The predicted octanol–water partition coefficient (Wildman–Crippen LogP) is 2.89. The lowest BCUT2D eigenvalue weighted by atomic mass is 10.1. The minimum atomic E-state index is 0.146. The molecule has 1 fully saturated rings. The number of hydrogen-bond donors (Lipinski definition) is 1. The van der Waals surface area contributed by atoms with Crippen LogP contribution < -0.4 is 5.73 Å². The maximum absolute atomic E-state index is 12.8. The van der Waals surface area contributed by atoms with E-state index >= 15 is 0 Å². The molecular formula is C15H25N3O. The Bertz CT molecular complexity index is 439. The quantitative estimate of drug-likeness (QED) is 0.911. The van der Waals surface area contributed by atoms with E-state index in [-0.39, 0.29) is 5.91 Å². The maximum atomic E-state index is 12.8. The van der Waals surface area contributed by atoms with Crippen LogP contribution in [0.25, 0.3) is 0 Å². The van der Waals surface area contributed by atoms with E-state index in [9.17, 15) is 4.79 Å². The molecule has 2 heterocycles. The van der Waals surface area contributed by atoms with Crippen molar-refractivity contribution in [3.63, 3.8) is 0 Å². The minimum absolute atomic E-state index is 0.146. The van der Waals surface area contributed by atoms with E-state index in [0.29, 0.717) is 11.7 Å². The lowest BCUT2D eigenvalue weighted by molar-refractivity contribution is 0.0667. The summed E-state index contributed by atoms with van der Waals surface area (Å²) in [5.74, 6) is 0.146. The molecule has 1 atom stereocenters. The van der Waals surface area contributed by atoms with Gasteiger partial charge in [-0.05, 0) is 32.3 Å². The van der Waals surface area contributed by atoms with Crippen LogP contribution in [0.5, 0.6) is 0 Å². The molecule has 106 valence electrons. The molecule has 2 N–H and O–H groups in total. The molecule has 1 aliphatic heterocycles. The van der Waals surface area contributed by atoms with Gasteiger partial charge in [0.15, 0.2) is 0 Å². The SMILES string of the molecule is CCC1CCCCCN1C(=O)c1cc(N)cn1CC. The number of aryl methyl sites for hydroxylation is 1. The molecule has 1 unspecified atom stereocenters. The number of amides is 1. The van der Waals surface area contributed by atoms with Crippen molar-refractivity contribution in [3.8, 4) is 0 Å². The van der Waals surface area contributed by atoms with Gasteiger partial charge in [0, 0.05) is 25.3 Å². The lowest BCUT2D eigenvalue weighted by Crippen LogP contribution is -2.40.